The molecule has 0 atom stereocenters. The van der Waals surface area contributed by atoms with E-state index in [9.17, 15) is 0 Å². The van der Waals surface area contributed by atoms with Crippen LogP contribution in [0.5, 0.6) is 0 Å². The average Bonchev–Trinajstić information content (AvgIpc) is 1.41. The molecule has 1 N–H and O–H groups in total. The van der Waals surface area contributed by atoms with Gasteiger partial charge >= 0.3 is 0 Å². The van der Waals surface area contributed by atoms with Crippen molar-refractivity contribution in [2.45, 2.75) is 0 Å². The van der Waals surface area contributed by atoms with Gasteiger partial charge in [-0.15, -0.1) is 0 Å². The molecule has 0 unspecified atom stereocenters. The van der Waals surface area contributed by atoms with Gasteiger partial charge in [-0.25, -0.2) is 0 Å². The fourth-order valence-electron chi connectivity index (χ4n) is 0. The molecule has 0 aromatic carbocycles. The highest BCUT2D eigenvalue weighted by Crippen LogP contribution is 2.51. The molecule has 0 heterocycles. The van der Waals surface area contributed by atoms with Crippen LogP contribution in [0.1, 0.15) is 0 Å². The summed E-state index contributed by atoms with van der Waals surface area (Å²) >= 11 is 14.6. The molecule has 0 saturated carbocycles. The van der Waals surface area contributed by atoms with Crippen LogP contribution in [0, 0.1) is 0 Å². The molecule has 0 fully saturated rings. The summed E-state index contributed by atoms with van der Waals surface area (Å²) in [4.78, 5) is 0. The molecule has 5 heteroatoms. The van der Waals surface area contributed by atoms with Crippen LogP contribution in [0.2, 0.25) is 0 Å². The van der Waals surface area contributed by atoms with Crippen LogP contribution in [0.15, 0.2) is 0 Å². The van der Waals surface area contributed by atoms with E-state index in [-0.39, 0.29) is 0 Å². The summed E-state index contributed by atoms with van der Waals surface area (Å²) in [5.41, 5.74) is 0. The van der Waals surface area contributed by atoms with Gasteiger partial charge in [-0.2, -0.15) is 0 Å². The van der Waals surface area contributed by atoms with E-state index < -0.39 is 5.98 Å². The lowest BCUT2D eigenvalue weighted by atomic mass is 11.8. The molecular weight excluding hydrogens is 165 g/mol. The number of hydrogen-bond donors (Lipinski definition) is 1. The van der Waals surface area contributed by atoms with Gasteiger partial charge in [0.1, 0.15) is 0 Å². The second-order valence-electron chi connectivity index (χ2n) is 0.192. The molecule has 0 aromatic heterocycles. The first-order chi connectivity index (χ1) is 2.73. The Hall–Kier alpha value is 1.26. The van der Waals surface area contributed by atoms with Crippen molar-refractivity contribution >= 4 is 39.7 Å². The summed E-state index contributed by atoms with van der Waals surface area (Å²) in [6.45, 7) is 0. The summed E-state index contributed by atoms with van der Waals surface area (Å²) < 4.78 is 0. The SMILES string of the molecule is CO.ClP(Cl)Cl. The van der Waals surface area contributed by atoms with Crippen molar-refractivity contribution in [3.8, 4) is 0 Å². The van der Waals surface area contributed by atoms with Gasteiger partial charge in [0.25, 0.3) is 0 Å². The topological polar surface area (TPSA) is 20.2 Å². The number of hydrogen-bond acceptors (Lipinski definition) is 1. The molecule has 40 valence electrons. The standard InChI is InChI=1S/CH4O.Cl3P/c1-2;1-4(2)3/h2H,1H3;. The van der Waals surface area contributed by atoms with Gasteiger partial charge in [0.15, 0.2) is 5.98 Å². The highest BCUT2D eigenvalue weighted by molar-refractivity contribution is 8.20. The molecule has 0 amide bonds. The van der Waals surface area contributed by atoms with Gasteiger partial charge in [-0.05, 0) is 0 Å². The van der Waals surface area contributed by atoms with Gasteiger partial charge in [0.05, 0.1) is 0 Å². The highest BCUT2D eigenvalue weighted by atomic mass is 36.0. The van der Waals surface area contributed by atoms with Crippen LogP contribution in [-0.4, -0.2) is 12.2 Å². The first kappa shape index (κ1) is 10.3. The minimum absolute atomic E-state index is 1.00. The molecule has 0 aliphatic rings. The third-order valence-corrected chi connectivity index (χ3v) is 0. The molecule has 0 bridgehead atoms. The third kappa shape index (κ3) is 60.1. The summed E-state index contributed by atoms with van der Waals surface area (Å²) in [7, 11) is 1.00. The summed E-state index contributed by atoms with van der Waals surface area (Å²) in [5.74, 6) is -1.20. The molecule has 1 nitrogen and oxygen atoms in total. The van der Waals surface area contributed by atoms with Crippen molar-refractivity contribution in [3.05, 3.63) is 0 Å². The first-order valence-corrected chi connectivity index (χ1v) is 5.01. The Kier molecular flexibility index (Phi) is 16.4. The van der Waals surface area contributed by atoms with E-state index >= 15 is 0 Å². The van der Waals surface area contributed by atoms with Crippen LogP contribution in [0.25, 0.3) is 0 Å². The number of rotatable bonds is 0. The van der Waals surface area contributed by atoms with Crippen molar-refractivity contribution in [1.82, 2.24) is 0 Å². The smallest absolute Gasteiger partial charge is 0.179 e. The third-order valence-electron chi connectivity index (χ3n) is 0. The Morgan fingerprint density at radius 2 is 1.17 bits per heavy atom. The van der Waals surface area contributed by atoms with E-state index in [4.69, 9.17) is 38.8 Å². The van der Waals surface area contributed by atoms with Crippen LogP contribution in [0.3, 0.4) is 0 Å². The molecule has 6 heavy (non-hydrogen) atoms. The van der Waals surface area contributed by atoms with Crippen molar-refractivity contribution in [2.24, 2.45) is 0 Å². The quantitative estimate of drug-likeness (QED) is 0.553. The van der Waals surface area contributed by atoms with Crippen LogP contribution < -0.4 is 0 Å². The van der Waals surface area contributed by atoms with Gasteiger partial charge < -0.3 is 5.11 Å². The minimum Gasteiger partial charge on any atom is -0.400 e. The van der Waals surface area contributed by atoms with Gasteiger partial charge in [-0.3, -0.25) is 0 Å². The lowest BCUT2D eigenvalue weighted by Gasteiger charge is -1.68. The van der Waals surface area contributed by atoms with Crippen LogP contribution in [0.4, 0.5) is 0 Å². The molecule has 0 aliphatic heterocycles. The fourth-order valence-corrected chi connectivity index (χ4v) is 0. The zero-order valence-corrected chi connectivity index (χ0v) is 6.19. The largest absolute Gasteiger partial charge is 0.400 e. The summed E-state index contributed by atoms with van der Waals surface area (Å²) in [5, 5.41) is 7.00. The molecule has 0 saturated heterocycles. The highest BCUT2D eigenvalue weighted by Gasteiger charge is 1.80. The number of halogens is 3. The van der Waals surface area contributed by atoms with Crippen molar-refractivity contribution in [3.63, 3.8) is 0 Å². The lowest BCUT2D eigenvalue weighted by Crippen LogP contribution is -1.25. The fraction of sp³-hybridized carbons (Fsp3) is 1.00. The van der Waals surface area contributed by atoms with Crippen LogP contribution in [-0.2, 0) is 0 Å². The number of aliphatic hydroxyl groups excluding tert-OH is 1. The minimum atomic E-state index is -1.20. The lowest BCUT2D eigenvalue weighted by molar-refractivity contribution is 0.399. The van der Waals surface area contributed by atoms with Crippen molar-refractivity contribution in [1.29, 1.82) is 0 Å². The predicted octanol–water partition coefficient (Wildman–Crippen LogP) is 2.54. The zero-order chi connectivity index (χ0) is 5.58. The van der Waals surface area contributed by atoms with E-state index in [2.05, 4.69) is 0 Å². The van der Waals surface area contributed by atoms with Gasteiger partial charge in [0.2, 0.25) is 0 Å². The number of aliphatic hydroxyl groups is 1. The van der Waals surface area contributed by atoms with E-state index in [1.807, 2.05) is 0 Å². The molecular formula is CH4Cl3OP. The molecule has 0 aromatic rings. The van der Waals surface area contributed by atoms with E-state index in [0.29, 0.717) is 0 Å². The predicted molar refractivity (Wildman–Crippen MR) is 32.6 cm³/mol. The van der Waals surface area contributed by atoms with Gasteiger partial charge in [0, 0.05) is 7.11 Å². The normalized spacial score (nSPS) is 7.00. The Bertz CT molecular complexity index is 15.5. The average molecular weight is 169 g/mol. The molecule has 0 rings (SSSR count). The monoisotopic (exact) mass is 168 g/mol. The van der Waals surface area contributed by atoms with E-state index in [1.54, 1.807) is 0 Å². The van der Waals surface area contributed by atoms with E-state index in [0.717, 1.165) is 7.11 Å². The summed E-state index contributed by atoms with van der Waals surface area (Å²) in [6.07, 6.45) is 0. The molecule has 0 aliphatic carbocycles. The maximum absolute atomic E-state index is 7.00. The zero-order valence-electron chi connectivity index (χ0n) is 3.03. The first-order valence-electron chi connectivity index (χ1n) is 0.954. The maximum Gasteiger partial charge on any atom is 0.179 e. The second kappa shape index (κ2) is 9.54. The molecule has 0 radical (unpaired) electrons. The Labute approximate surface area is 52.3 Å². The Morgan fingerprint density at radius 1 is 1.17 bits per heavy atom. The van der Waals surface area contributed by atoms with Crippen LogP contribution >= 0.6 is 39.7 Å². The Morgan fingerprint density at radius 3 is 1.17 bits per heavy atom. The maximum atomic E-state index is 7.00. The van der Waals surface area contributed by atoms with Crippen molar-refractivity contribution < 1.29 is 5.11 Å². The second-order valence-corrected chi connectivity index (χ2v) is 5.17. The van der Waals surface area contributed by atoms with Gasteiger partial charge in [-0.1, -0.05) is 33.7 Å². The Balaban J connectivity index is 0. The molecule has 0 spiro atoms. The van der Waals surface area contributed by atoms with Crippen molar-refractivity contribution in [2.75, 3.05) is 7.11 Å². The summed E-state index contributed by atoms with van der Waals surface area (Å²) in [6, 6.07) is 0. The van der Waals surface area contributed by atoms with E-state index in [1.165, 1.54) is 0 Å².